The van der Waals surface area contributed by atoms with Gasteiger partial charge in [0, 0.05) is 18.3 Å². The molecule has 2 rings (SSSR count). The average Bonchev–Trinajstić information content (AvgIpc) is 3.72. The zero-order chi connectivity index (χ0) is 44.2. The topological polar surface area (TPSA) is 374 Å². The summed E-state index contributed by atoms with van der Waals surface area (Å²) in [6.45, 7) is 2.96. The molecule has 6 amide bonds. The predicted molar refractivity (Wildman–Crippen MR) is 210 cm³/mol. The first-order chi connectivity index (χ1) is 27.9. The molecule has 0 radical (unpaired) electrons. The van der Waals surface area contributed by atoms with Gasteiger partial charge in [0.1, 0.15) is 42.0 Å². The molecule has 0 saturated carbocycles. The Bertz CT molecular complexity index is 1680. The fourth-order valence-electron chi connectivity index (χ4n) is 5.63. The number of unbranched alkanes of at least 4 members (excludes halogenated alkanes) is 1. The molecule has 59 heavy (non-hydrogen) atoms. The minimum absolute atomic E-state index is 0.00355. The molecule has 0 fully saturated rings. The fraction of sp³-hybridized carbons (Fsp3) is 0.568. The van der Waals surface area contributed by atoms with Crippen molar-refractivity contribution in [3.63, 3.8) is 0 Å². The maximum absolute atomic E-state index is 13.8. The van der Waals surface area contributed by atoms with Crippen molar-refractivity contribution in [1.82, 2.24) is 41.9 Å². The number of aliphatic hydroxyl groups excluding tert-OH is 3. The molecule has 0 bridgehead atoms. The second-order valence-electron chi connectivity index (χ2n) is 14.1. The molecule has 2 aromatic rings. The Labute approximate surface area is 340 Å². The van der Waals surface area contributed by atoms with Crippen LogP contribution in [0.15, 0.2) is 36.8 Å². The number of imidazole rings is 1. The van der Waals surface area contributed by atoms with E-state index in [9.17, 15) is 59.1 Å². The molecule has 0 saturated heterocycles. The van der Waals surface area contributed by atoms with Crippen LogP contribution in [0.4, 0.5) is 0 Å². The standard InChI is InChI=1S/C37H58N10O12/c1-4-19(2)29(35(56)43-26(14-22-15-40-18-41-22)33(54)45-28(17-49)37(58)59)46-32(53)25(7-5-6-12-38)42-34(55)27(16-48)44-36(57)30(20(3)50)47-31(52)24(39)13-21-8-10-23(51)11-9-21/h8-11,15,18-20,24-30,48-51H,4-7,12-14,16-17,38-39H2,1-3H3,(H,40,41)(H,42,55)(H,43,56)(H,44,57)(H,45,54)(H,46,53)(H,47,52)(H,58,59)/t19-,20+,24-,25-,26-,27-,28-,29-,30-/m0/s1. The molecule has 0 unspecified atom stereocenters. The first-order valence-electron chi connectivity index (χ1n) is 19.1. The quantitative estimate of drug-likeness (QED) is 0.0399. The van der Waals surface area contributed by atoms with Crippen LogP contribution >= 0.6 is 0 Å². The van der Waals surface area contributed by atoms with Crippen molar-refractivity contribution in [2.75, 3.05) is 19.8 Å². The summed E-state index contributed by atoms with van der Waals surface area (Å²) in [5.41, 5.74) is 12.7. The van der Waals surface area contributed by atoms with Gasteiger partial charge in [-0.3, -0.25) is 28.8 Å². The van der Waals surface area contributed by atoms with E-state index in [2.05, 4.69) is 41.9 Å². The van der Waals surface area contributed by atoms with E-state index in [1.54, 1.807) is 26.0 Å². The van der Waals surface area contributed by atoms with Crippen molar-refractivity contribution in [3.05, 3.63) is 48.0 Å². The summed E-state index contributed by atoms with van der Waals surface area (Å²) in [5.74, 6) is -7.56. The van der Waals surface area contributed by atoms with Crippen molar-refractivity contribution in [2.45, 2.75) is 108 Å². The van der Waals surface area contributed by atoms with Crippen molar-refractivity contribution >= 4 is 41.4 Å². The molecule has 9 atom stereocenters. The number of benzene rings is 1. The van der Waals surface area contributed by atoms with Crippen LogP contribution in [0, 0.1) is 5.92 Å². The molecule has 0 aliphatic rings. The number of carbonyl (C=O) groups is 7. The molecule has 22 nitrogen and oxygen atoms in total. The Balaban J connectivity index is 2.24. The van der Waals surface area contributed by atoms with Crippen LogP contribution < -0.4 is 43.4 Å². The predicted octanol–water partition coefficient (Wildman–Crippen LogP) is -4.24. The van der Waals surface area contributed by atoms with Crippen molar-refractivity contribution in [2.24, 2.45) is 17.4 Å². The molecule has 1 aromatic carbocycles. The number of amides is 6. The summed E-state index contributed by atoms with van der Waals surface area (Å²) < 4.78 is 0. The van der Waals surface area contributed by atoms with E-state index in [1.807, 2.05) is 0 Å². The number of nitrogens with zero attached hydrogens (tertiary/aromatic N) is 1. The number of phenols is 1. The highest BCUT2D eigenvalue weighted by Crippen LogP contribution is 2.13. The Kier molecular flexibility index (Phi) is 20.9. The van der Waals surface area contributed by atoms with Gasteiger partial charge in [-0.2, -0.15) is 0 Å². The number of H-pyrrole nitrogens is 1. The molecule has 0 aliphatic heterocycles. The lowest BCUT2D eigenvalue weighted by Crippen LogP contribution is -2.62. The molecule has 0 aliphatic carbocycles. The summed E-state index contributed by atoms with van der Waals surface area (Å²) >= 11 is 0. The highest BCUT2D eigenvalue weighted by molar-refractivity contribution is 5.97. The fourth-order valence-corrected chi connectivity index (χ4v) is 5.63. The van der Waals surface area contributed by atoms with Gasteiger partial charge in [0.2, 0.25) is 35.4 Å². The summed E-state index contributed by atoms with van der Waals surface area (Å²) in [4.78, 5) is 98.5. The Morgan fingerprint density at radius 2 is 1.27 bits per heavy atom. The Morgan fingerprint density at radius 1 is 0.729 bits per heavy atom. The van der Waals surface area contributed by atoms with Gasteiger partial charge in [-0.15, -0.1) is 0 Å². The van der Waals surface area contributed by atoms with E-state index >= 15 is 0 Å². The van der Waals surface area contributed by atoms with E-state index in [0.717, 1.165) is 0 Å². The van der Waals surface area contributed by atoms with Crippen LogP contribution in [0.5, 0.6) is 5.75 Å². The van der Waals surface area contributed by atoms with Crippen LogP contribution in [0.3, 0.4) is 0 Å². The molecule has 16 N–H and O–H groups in total. The Morgan fingerprint density at radius 3 is 1.81 bits per heavy atom. The number of carboxylic acids is 1. The number of hydrogen-bond acceptors (Lipinski definition) is 14. The second kappa shape index (κ2) is 24.9. The number of nitrogens with two attached hydrogens (primary N) is 2. The van der Waals surface area contributed by atoms with Crippen molar-refractivity contribution in [1.29, 1.82) is 0 Å². The highest BCUT2D eigenvalue weighted by atomic mass is 16.4. The summed E-state index contributed by atoms with van der Waals surface area (Å²) in [5, 5.41) is 63.1. The normalized spacial score (nSPS) is 15.7. The molecule has 22 heteroatoms. The third kappa shape index (κ3) is 16.2. The third-order valence-corrected chi connectivity index (χ3v) is 9.39. The van der Waals surface area contributed by atoms with E-state index in [0.29, 0.717) is 30.5 Å². The van der Waals surface area contributed by atoms with Crippen LogP contribution in [-0.4, -0.2) is 145 Å². The zero-order valence-corrected chi connectivity index (χ0v) is 33.2. The number of carboxylic acid groups (broad SMARTS) is 1. The number of aliphatic hydroxyl groups is 3. The SMILES string of the molecule is CC[C@H](C)[C@H](NC(=O)[C@H](CCCCN)NC(=O)[C@H](CO)NC(=O)[C@@H](NC(=O)[C@@H](N)Cc1ccc(O)cc1)[C@@H](C)O)C(=O)N[C@@H](Cc1cnc[nH]1)C(=O)N[C@@H](CO)C(=O)O. The number of aromatic hydroxyl groups is 1. The maximum atomic E-state index is 13.8. The van der Waals surface area contributed by atoms with Gasteiger partial charge in [-0.25, -0.2) is 9.78 Å². The Hall–Kier alpha value is -5.68. The van der Waals surface area contributed by atoms with Gasteiger partial charge >= 0.3 is 5.97 Å². The van der Waals surface area contributed by atoms with Crippen molar-refractivity contribution < 1.29 is 59.1 Å². The number of phenolic OH excluding ortho intramolecular Hbond substituents is 1. The van der Waals surface area contributed by atoms with Crippen molar-refractivity contribution in [3.8, 4) is 5.75 Å². The number of nitrogens with one attached hydrogen (secondary N) is 7. The number of rotatable bonds is 26. The van der Waals surface area contributed by atoms with E-state index in [1.165, 1.54) is 31.6 Å². The lowest BCUT2D eigenvalue weighted by atomic mass is 9.96. The first-order valence-corrected chi connectivity index (χ1v) is 19.1. The lowest BCUT2D eigenvalue weighted by Gasteiger charge is -2.29. The molecular weight excluding hydrogens is 776 g/mol. The van der Waals surface area contributed by atoms with Crippen LogP contribution in [0.1, 0.15) is 57.7 Å². The molecule has 1 aromatic heterocycles. The largest absolute Gasteiger partial charge is 0.508 e. The summed E-state index contributed by atoms with van der Waals surface area (Å²) in [6.07, 6.45) is 2.20. The number of aromatic amines is 1. The summed E-state index contributed by atoms with van der Waals surface area (Å²) in [7, 11) is 0. The van der Waals surface area contributed by atoms with E-state index in [4.69, 9.17) is 11.5 Å². The van der Waals surface area contributed by atoms with Gasteiger partial charge in [0.15, 0.2) is 0 Å². The lowest BCUT2D eigenvalue weighted by molar-refractivity contribution is -0.143. The second-order valence-corrected chi connectivity index (χ2v) is 14.1. The molecule has 0 spiro atoms. The number of hydrogen-bond donors (Lipinski definition) is 14. The minimum atomic E-state index is -1.68. The van der Waals surface area contributed by atoms with E-state index < -0.39 is 109 Å². The molecule has 1 heterocycles. The van der Waals surface area contributed by atoms with Gasteiger partial charge in [-0.05, 0) is 62.8 Å². The zero-order valence-electron chi connectivity index (χ0n) is 33.2. The summed E-state index contributed by atoms with van der Waals surface area (Å²) in [6, 6.07) is -4.25. The van der Waals surface area contributed by atoms with E-state index in [-0.39, 0.29) is 31.6 Å². The number of aliphatic carboxylic acids is 1. The smallest absolute Gasteiger partial charge is 0.328 e. The van der Waals surface area contributed by atoms with Crippen LogP contribution in [-0.2, 0) is 46.4 Å². The van der Waals surface area contributed by atoms with Gasteiger partial charge in [-0.1, -0.05) is 32.4 Å². The van der Waals surface area contributed by atoms with Gasteiger partial charge in [0.05, 0.1) is 31.7 Å². The average molecular weight is 835 g/mol. The number of aromatic nitrogens is 2. The third-order valence-electron chi connectivity index (χ3n) is 9.39. The van der Waals surface area contributed by atoms with Gasteiger partial charge < -0.3 is 73.9 Å². The molecular formula is C37H58N10O12. The minimum Gasteiger partial charge on any atom is -0.508 e. The maximum Gasteiger partial charge on any atom is 0.328 e. The first kappa shape index (κ1) is 49.5. The van der Waals surface area contributed by atoms with Gasteiger partial charge in [0.25, 0.3) is 0 Å². The number of carbonyl (C=O) groups excluding carboxylic acids is 6. The highest BCUT2D eigenvalue weighted by Gasteiger charge is 2.36. The van der Waals surface area contributed by atoms with Crippen LogP contribution in [0.25, 0.3) is 0 Å². The van der Waals surface area contributed by atoms with Crippen LogP contribution in [0.2, 0.25) is 0 Å². The molecule has 328 valence electrons. The monoisotopic (exact) mass is 834 g/mol.